The van der Waals surface area contributed by atoms with Gasteiger partial charge in [0.25, 0.3) is 5.56 Å². The average Bonchev–Trinajstić information content (AvgIpc) is 2.60. The lowest BCUT2D eigenvalue weighted by Gasteiger charge is -2.32. The van der Waals surface area contributed by atoms with Crippen LogP contribution in [0.15, 0.2) is 34.4 Å². The molecule has 3 rings (SSSR count). The summed E-state index contributed by atoms with van der Waals surface area (Å²) in [6.45, 7) is 2.77. The van der Waals surface area contributed by atoms with Crippen LogP contribution in [-0.2, 0) is 11.3 Å². The number of carbonyl (C=O) groups is 1. The highest BCUT2D eigenvalue weighted by molar-refractivity contribution is 5.76. The lowest BCUT2D eigenvalue weighted by atomic mass is 9.94. The van der Waals surface area contributed by atoms with Gasteiger partial charge in [0, 0.05) is 42.7 Å². The molecule has 0 aliphatic carbocycles. The van der Waals surface area contributed by atoms with Crippen molar-refractivity contribution in [3.63, 3.8) is 0 Å². The number of nitrogens with one attached hydrogen (secondary N) is 1. The fraction of sp³-hybridized carbons (Fsp3) is 0.438. The van der Waals surface area contributed by atoms with E-state index in [4.69, 9.17) is 0 Å². The minimum atomic E-state index is -0.566. The standard InChI is InChI=1S/C16H19N5O3/c1-11-7-21(16(24)19-15(11)23)9-14(22)20-6-2-3-12(8-20)13-4-5-17-10-18-13/h4-5,7,10,12H,2-3,6,8-9H2,1H3,(H,19,23,24). The Morgan fingerprint density at radius 1 is 1.42 bits per heavy atom. The smallest absolute Gasteiger partial charge is 0.328 e. The first-order valence-corrected chi connectivity index (χ1v) is 7.88. The summed E-state index contributed by atoms with van der Waals surface area (Å²) < 4.78 is 1.24. The Hall–Kier alpha value is -2.77. The molecule has 24 heavy (non-hydrogen) atoms. The molecule has 1 saturated heterocycles. The van der Waals surface area contributed by atoms with E-state index in [1.54, 1.807) is 18.0 Å². The summed E-state index contributed by atoms with van der Waals surface area (Å²) in [6.07, 6.45) is 6.49. The number of aromatic amines is 1. The van der Waals surface area contributed by atoms with Crippen molar-refractivity contribution in [3.05, 3.63) is 56.9 Å². The maximum Gasteiger partial charge on any atom is 0.328 e. The number of carbonyl (C=O) groups excluding carboxylic acids is 1. The van der Waals surface area contributed by atoms with Crippen molar-refractivity contribution < 1.29 is 4.79 Å². The van der Waals surface area contributed by atoms with Gasteiger partial charge >= 0.3 is 5.69 Å². The molecule has 0 saturated carbocycles. The Labute approximate surface area is 138 Å². The van der Waals surface area contributed by atoms with Gasteiger partial charge in [0.05, 0.1) is 0 Å². The van der Waals surface area contributed by atoms with Gasteiger partial charge in [0.2, 0.25) is 5.91 Å². The third-order valence-corrected chi connectivity index (χ3v) is 4.29. The molecule has 2 aromatic heterocycles. The molecule has 126 valence electrons. The maximum atomic E-state index is 12.5. The molecule has 1 atom stereocenters. The van der Waals surface area contributed by atoms with Gasteiger partial charge in [-0.1, -0.05) is 0 Å². The van der Waals surface area contributed by atoms with Crippen molar-refractivity contribution in [2.75, 3.05) is 13.1 Å². The Kier molecular flexibility index (Phi) is 4.54. The van der Waals surface area contributed by atoms with Crippen LogP contribution in [0, 0.1) is 6.92 Å². The topological polar surface area (TPSA) is 101 Å². The molecule has 0 aromatic carbocycles. The number of hydrogen-bond donors (Lipinski definition) is 1. The summed E-state index contributed by atoms with van der Waals surface area (Å²) in [5, 5.41) is 0. The fourth-order valence-corrected chi connectivity index (χ4v) is 2.97. The molecule has 1 N–H and O–H groups in total. The van der Waals surface area contributed by atoms with Gasteiger partial charge in [-0.3, -0.25) is 19.1 Å². The first-order valence-electron chi connectivity index (χ1n) is 7.88. The summed E-state index contributed by atoms with van der Waals surface area (Å²) >= 11 is 0. The van der Waals surface area contributed by atoms with E-state index in [2.05, 4.69) is 15.0 Å². The molecule has 1 amide bonds. The van der Waals surface area contributed by atoms with E-state index in [0.717, 1.165) is 18.5 Å². The van der Waals surface area contributed by atoms with Gasteiger partial charge in [0.1, 0.15) is 12.9 Å². The van der Waals surface area contributed by atoms with Crippen LogP contribution in [0.4, 0.5) is 0 Å². The molecular formula is C16H19N5O3. The maximum absolute atomic E-state index is 12.5. The van der Waals surface area contributed by atoms with E-state index in [-0.39, 0.29) is 18.4 Å². The summed E-state index contributed by atoms with van der Waals surface area (Å²) in [7, 11) is 0. The van der Waals surface area contributed by atoms with Crippen molar-refractivity contribution in [2.45, 2.75) is 32.2 Å². The number of aromatic nitrogens is 4. The minimum absolute atomic E-state index is 0.0764. The number of likely N-dealkylation sites (tertiary alicyclic amines) is 1. The van der Waals surface area contributed by atoms with Gasteiger partial charge in [-0.15, -0.1) is 0 Å². The Balaban J connectivity index is 1.72. The van der Waals surface area contributed by atoms with E-state index in [0.29, 0.717) is 18.7 Å². The van der Waals surface area contributed by atoms with Crippen LogP contribution < -0.4 is 11.2 Å². The predicted molar refractivity (Wildman–Crippen MR) is 86.6 cm³/mol. The van der Waals surface area contributed by atoms with E-state index in [1.807, 2.05) is 6.07 Å². The summed E-state index contributed by atoms with van der Waals surface area (Å²) in [6, 6.07) is 1.87. The first kappa shape index (κ1) is 16.1. The zero-order valence-electron chi connectivity index (χ0n) is 13.4. The van der Waals surface area contributed by atoms with Crippen molar-refractivity contribution in [1.29, 1.82) is 0 Å². The molecule has 2 aromatic rings. The van der Waals surface area contributed by atoms with Gasteiger partial charge in [0.15, 0.2) is 0 Å². The molecule has 0 bridgehead atoms. The fourth-order valence-electron chi connectivity index (χ4n) is 2.97. The van der Waals surface area contributed by atoms with Crippen LogP contribution in [0.3, 0.4) is 0 Å². The number of amides is 1. The molecule has 8 nitrogen and oxygen atoms in total. The number of hydrogen-bond acceptors (Lipinski definition) is 5. The van der Waals surface area contributed by atoms with Crippen molar-refractivity contribution >= 4 is 5.91 Å². The number of aryl methyl sites for hydroxylation is 1. The van der Waals surface area contributed by atoms with Crippen LogP contribution in [0.2, 0.25) is 0 Å². The molecule has 1 aliphatic rings. The highest BCUT2D eigenvalue weighted by Crippen LogP contribution is 2.25. The molecular weight excluding hydrogens is 310 g/mol. The zero-order chi connectivity index (χ0) is 17.1. The van der Waals surface area contributed by atoms with Crippen LogP contribution in [-0.4, -0.2) is 43.4 Å². The van der Waals surface area contributed by atoms with E-state index >= 15 is 0 Å². The van der Waals surface area contributed by atoms with Gasteiger partial charge in [-0.25, -0.2) is 14.8 Å². The van der Waals surface area contributed by atoms with Crippen molar-refractivity contribution in [3.8, 4) is 0 Å². The SMILES string of the molecule is Cc1cn(CC(=O)N2CCCC(c3ccncn3)C2)c(=O)[nH]c1=O. The van der Waals surface area contributed by atoms with Crippen LogP contribution in [0.1, 0.15) is 30.0 Å². The minimum Gasteiger partial charge on any atom is -0.340 e. The Morgan fingerprint density at radius 3 is 3.00 bits per heavy atom. The third-order valence-electron chi connectivity index (χ3n) is 4.29. The molecule has 1 fully saturated rings. The van der Waals surface area contributed by atoms with Crippen molar-refractivity contribution in [2.24, 2.45) is 0 Å². The van der Waals surface area contributed by atoms with E-state index in [9.17, 15) is 14.4 Å². The lowest BCUT2D eigenvalue weighted by molar-refractivity contribution is -0.133. The molecule has 1 unspecified atom stereocenters. The predicted octanol–water partition coefficient (Wildman–Crippen LogP) is 0.0412. The van der Waals surface area contributed by atoms with Gasteiger partial charge < -0.3 is 4.90 Å². The highest BCUT2D eigenvalue weighted by atomic mass is 16.2. The Morgan fingerprint density at radius 2 is 2.25 bits per heavy atom. The van der Waals surface area contributed by atoms with E-state index in [1.165, 1.54) is 17.1 Å². The van der Waals surface area contributed by atoms with Gasteiger partial charge in [-0.2, -0.15) is 0 Å². The monoisotopic (exact) mass is 329 g/mol. The molecule has 1 aliphatic heterocycles. The highest BCUT2D eigenvalue weighted by Gasteiger charge is 2.25. The summed E-state index contributed by atoms with van der Waals surface area (Å²) in [5.41, 5.74) is 0.341. The first-order chi connectivity index (χ1) is 11.5. The van der Waals surface area contributed by atoms with Crippen LogP contribution >= 0.6 is 0 Å². The van der Waals surface area contributed by atoms with E-state index < -0.39 is 11.2 Å². The lowest BCUT2D eigenvalue weighted by Crippen LogP contribution is -2.43. The number of nitrogens with zero attached hydrogens (tertiary/aromatic N) is 4. The summed E-state index contributed by atoms with van der Waals surface area (Å²) in [5.74, 6) is 0.0436. The largest absolute Gasteiger partial charge is 0.340 e. The normalized spacial score (nSPS) is 17.7. The number of piperidine rings is 1. The quantitative estimate of drug-likeness (QED) is 0.857. The second-order valence-electron chi connectivity index (χ2n) is 6.01. The second-order valence-corrected chi connectivity index (χ2v) is 6.01. The zero-order valence-corrected chi connectivity index (χ0v) is 13.4. The summed E-state index contributed by atoms with van der Waals surface area (Å²) in [4.78, 5) is 47.9. The average molecular weight is 329 g/mol. The second kappa shape index (κ2) is 6.77. The Bertz CT molecular complexity index is 843. The van der Waals surface area contributed by atoms with Crippen LogP contribution in [0.5, 0.6) is 0 Å². The number of rotatable bonds is 3. The van der Waals surface area contributed by atoms with Crippen LogP contribution in [0.25, 0.3) is 0 Å². The molecule has 0 spiro atoms. The number of H-pyrrole nitrogens is 1. The molecule has 3 heterocycles. The van der Waals surface area contributed by atoms with Gasteiger partial charge in [-0.05, 0) is 25.8 Å². The van der Waals surface area contributed by atoms with Crippen molar-refractivity contribution in [1.82, 2.24) is 24.4 Å². The third kappa shape index (κ3) is 3.42. The molecule has 8 heteroatoms. The molecule has 0 radical (unpaired) electrons.